The van der Waals surface area contributed by atoms with Gasteiger partial charge in [0.05, 0.1) is 29.4 Å². The Morgan fingerprint density at radius 3 is 1.76 bits per heavy atom. The number of hydrogen-bond donors (Lipinski definition) is 2. The Hall–Kier alpha value is -6.88. The molecule has 1 fully saturated rings. The van der Waals surface area contributed by atoms with Gasteiger partial charge in [0, 0.05) is 118 Å². The zero-order chi connectivity index (χ0) is 58.1. The van der Waals surface area contributed by atoms with Gasteiger partial charge in [-0.1, -0.05) is 101 Å². The maximum atomic E-state index is 13.3. The van der Waals surface area contributed by atoms with Crippen LogP contribution in [0.1, 0.15) is 125 Å². The standard InChI is InChI=1S/C67H85N9O5S/c1-8-75-50-64(82(78,79)80)67(6,7)62(75)32-29-52(30-33-63-66(4,5)60-40-51(3)28-31-61(60)76(63)9-2)22-10-11-27-65(77)72-38-20-21-39-81-59-42-53(44-73(46-55-23-12-16-34-68-55)47-56-24-13-17-35-69-56)41-54(43-59)45-74(48-57-25-14-18-36-70-57)49-58-26-15-19-37-71-58/h12-19,23-26,28-37,40-43,62,64H,8-11,20-22,27,38-39,44-50H2,1-7H3,(H,72,77)(H,78,79,80)/b32-29+,52-30+,63-33+. The highest BCUT2D eigenvalue weighted by atomic mass is 32.2. The summed E-state index contributed by atoms with van der Waals surface area (Å²) in [6, 6.07) is 37.2. The molecule has 14 nitrogen and oxygen atoms in total. The molecule has 2 N–H and O–H groups in total. The smallest absolute Gasteiger partial charge is 0.269 e. The van der Waals surface area contributed by atoms with Crippen LogP contribution in [0.25, 0.3) is 0 Å². The monoisotopic (exact) mass is 1130 g/mol. The molecule has 4 aromatic heterocycles. The minimum Gasteiger partial charge on any atom is -0.494 e. The molecule has 82 heavy (non-hydrogen) atoms. The second-order valence-electron chi connectivity index (χ2n) is 23.1. The third-order valence-corrected chi connectivity index (χ3v) is 17.5. The van der Waals surface area contributed by atoms with Crippen molar-refractivity contribution in [3.8, 4) is 5.75 Å². The summed E-state index contributed by atoms with van der Waals surface area (Å²) in [5.41, 5.74) is 11.4. The summed E-state index contributed by atoms with van der Waals surface area (Å²) in [5, 5.41) is 2.27. The van der Waals surface area contributed by atoms with Gasteiger partial charge in [-0.15, -0.1) is 0 Å². The van der Waals surface area contributed by atoms with Crippen LogP contribution in [0, 0.1) is 12.3 Å². The van der Waals surface area contributed by atoms with Crippen molar-refractivity contribution in [1.82, 2.24) is 40.0 Å². The van der Waals surface area contributed by atoms with Gasteiger partial charge in [-0.05, 0) is 148 Å². The number of nitrogens with zero attached hydrogens (tertiary/aromatic N) is 8. The highest BCUT2D eigenvalue weighted by Crippen LogP contribution is 2.48. The van der Waals surface area contributed by atoms with Crippen LogP contribution in [0.3, 0.4) is 0 Å². The van der Waals surface area contributed by atoms with Crippen molar-refractivity contribution in [2.45, 2.75) is 143 Å². The van der Waals surface area contributed by atoms with E-state index < -0.39 is 20.8 Å². The first-order valence-corrected chi connectivity index (χ1v) is 30.8. The lowest BCUT2D eigenvalue weighted by Crippen LogP contribution is -2.39. The van der Waals surface area contributed by atoms with Crippen molar-refractivity contribution in [3.63, 3.8) is 0 Å². The Morgan fingerprint density at radius 1 is 0.707 bits per heavy atom. The molecular weight excluding hydrogens is 1040 g/mol. The van der Waals surface area contributed by atoms with Gasteiger partial charge in [-0.25, -0.2) is 0 Å². The predicted molar refractivity (Wildman–Crippen MR) is 328 cm³/mol. The largest absolute Gasteiger partial charge is 0.494 e. The van der Waals surface area contributed by atoms with Crippen LogP contribution in [-0.2, 0) is 59.6 Å². The molecule has 0 saturated carbocycles. The number of unbranched alkanes of at least 4 members (excludes halogenated alkanes) is 2. The molecule has 8 rings (SSSR count). The van der Waals surface area contributed by atoms with Gasteiger partial charge in [0.1, 0.15) is 11.0 Å². The van der Waals surface area contributed by atoms with E-state index >= 15 is 0 Å². The van der Waals surface area contributed by atoms with E-state index in [1.807, 2.05) is 94.1 Å². The maximum absolute atomic E-state index is 13.3. The topological polar surface area (TPSA) is 157 Å². The highest BCUT2D eigenvalue weighted by molar-refractivity contribution is 7.86. The number of carbonyl (C=O) groups is 1. The Balaban J connectivity index is 0.898. The van der Waals surface area contributed by atoms with E-state index in [9.17, 15) is 17.8 Å². The Morgan fingerprint density at radius 2 is 1.26 bits per heavy atom. The van der Waals surface area contributed by atoms with Crippen LogP contribution in [0.4, 0.5) is 5.69 Å². The summed E-state index contributed by atoms with van der Waals surface area (Å²) < 4.78 is 41.9. The lowest BCUT2D eigenvalue weighted by Gasteiger charge is -2.31. The normalized spacial score (nSPS) is 17.6. The summed E-state index contributed by atoms with van der Waals surface area (Å²) in [5.74, 6) is 0.833. The Labute approximate surface area is 488 Å². The second kappa shape index (κ2) is 28.9. The number of likely N-dealkylation sites (tertiary alicyclic amines) is 1. The minimum absolute atomic E-state index is 0.0327. The molecule has 0 aliphatic carbocycles. The molecule has 0 radical (unpaired) electrons. The van der Waals surface area contributed by atoms with E-state index in [4.69, 9.17) is 4.74 Å². The average molecular weight is 1130 g/mol. The Bertz CT molecular complexity index is 3020. The van der Waals surface area contributed by atoms with Gasteiger partial charge >= 0.3 is 0 Å². The minimum atomic E-state index is -4.25. The van der Waals surface area contributed by atoms with E-state index in [0.29, 0.717) is 65.4 Å². The number of allylic oxidation sites excluding steroid dienone is 5. The van der Waals surface area contributed by atoms with Crippen LogP contribution < -0.4 is 15.0 Å². The first kappa shape index (κ1) is 61.2. The summed E-state index contributed by atoms with van der Waals surface area (Å²) in [6.45, 7) is 21.5. The van der Waals surface area contributed by atoms with Crippen molar-refractivity contribution in [3.05, 3.63) is 215 Å². The van der Waals surface area contributed by atoms with Crippen molar-refractivity contribution in [2.75, 3.05) is 37.7 Å². The van der Waals surface area contributed by atoms with E-state index in [1.54, 1.807) is 0 Å². The SMILES string of the molecule is CCN1/C(=C/C=C(/C=C/C2N(CC)CC(S(=O)(=O)O)C2(C)C)CCCCC(=O)NCCCCOc2cc(CN(Cc3ccccn3)Cc3ccccn3)cc(CN(Cc3ccccn3)Cc3ccccn3)c2)C(C)(C)c2cc(C)ccc21. The molecule has 1 saturated heterocycles. The second-order valence-corrected chi connectivity index (χ2v) is 24.7. The number of rotatable bonds is 29. The predicted octanol–water partition coefficient (Wildman–Crippen LogP) is 12.0. The molecule has 434 valence electrons. The number of hydrogen-bond acceptors (Lipinski definition) is 12. The highest BCUT2D eigenvalue weighted by Gasteiger charge is 2.51. The molecule has 6 aromatic rings. The zero-order valence-corrected chi connectivity index (χ0v) is 50.1. The van der Waals surface area contributed by atoms with E-state index in [1.165, 1.54) is 22.5 Å². The molecule has 15 heteroatoms. The molecule has 2 aliphatic heterocycles. The van der Waals surface area contributed by atoms with E-state index in [2.05, 4.69) is 158 Å². The molecule has 0 spiro atoms. The van der Waals surface area contributed by atoms with Crippen molar-refractivity contribution in [2.24, 2.45) is 5.41 Å². The van der Waals surface area contributed by atoms with Crippen LogP contribution in [0.15, 0.2) is 170 Å². The third-order valence-electron chi connectivity index (χ3n) is 16.0. The molecule has 2 aromatic carbocycles. The van der Waals surface area contributed by atoms with Crippen molar-refractivity contribution < 1.29 is 22.5 Å². The number of nitrogens with one attached hydrogen (secondary N) is 1. The van der Waals surface area contributed by atoms with Crippen molar-refractivity contribution >= 4 is 21.7 Å². The summed E-state index contributed by atoms with van der Waals surface area (Å²) in [6.07, 6.45) is 20.3. The zero-order valence-electron chi connectivity index (χ0n) is 49.3. The first-order valence-electron chi connectivity index (χ1n) is 29.2. The number of anilines is 1. The number of amides is 1. The number of pyridine rings is 4. The number of benzene rings is 2. The molecule has 1 amide bonds. The molecular formula is C67H85N9O5S. The number of likely N-dealkylation sites (N-methyl/N-ethyl adjacent to an activating group) is 2. The molecule has 2 unspecified atom stereocenters. The Kier molecular flexibility index (Phi) is 21.6. The number of aromatic nitrogens is 4. The van der Waals surface area contributed by atoms with Gasteiger partial charge < -0.3 is 15.0 Å². The average Bonchev–Trinajstić information content (AvgIpc) is 2.65. The van der Waals surface area contributed by atoms with Crippen LogP contribution in [-0.4, -0.2) is 97.6 Å². The van der Waals surface area contributed by atoms with Gasteiger partial charge in [-0.3, -0.25) is 44.0 Å². The van der Waals surface area contributed by atoms with Gasteiger partial charge in [0.25, 0.3) is 10.1 Å². The number of fused-ring (bicyclic) bond motifs is 1. The van der Waals surface area contributed by atoms with Crippen LogP contribution in [0.5, 0.6) is 5.75 Å². The van der Waals surface area contributed by atoms with Gasteiger partial charge in [0.2, 0.25) is 5.91 Å². The van der Waals surface area contributed by atoms with Crippen LogP contribution >= 0.6 is 0 Å². The quantitative estimate of drug-likeness (QED) is 0.0260. The fraction of sp³-hybridized carbons (Fsp3) is 0.418. The summed E-state index contributed by atoms with van der Waals surface area (Å²) in [7, 11) is -4.25. The third kappa shape index (κ3) is 16.9. The fourth-order valence-electron chi connectivity index (χ4n) is 11.7. The summed E-state index contributed by atoms with van der Waals surface area (Å²) in [4.78, 5) is 41.2. The number of carbonyl (C=O) groups excluding carboxylic acids is 1. The number of ether oxygens (including phenoxy) is 1. The van der Waals surface area contributed by atoms with Gasteiger partial charge in [0.15, 0.2) is 0 Å². The molecule has 2 atom stereocenters. The van der Waals surface area contributed by atoms with E-state index in [0.717, 1.165) is 83.9 Å². The summed E-state index contributed by atoms with van der Waals surface area (Å²) >= 11 is 0. The van der Waals surface area contributed by atoms with E-state index in [-0.39, 0.29) is 23.9 Å². The maximum Gasteiger partial charge on any atom is 0.269 e. The van der Waals surface area contributed by atoms with Crippen molar-refractivity contribution in [1.29, 1.82) is 0 Å². The first-order chi connectivity index (χ1) is 39.5. The molecule has 2 aliphatic rings. The number of aryl methyl sites for hydroxylation is 1. The lowest BCUT2D eigenvalue weighted by molar-refractivity contribution is -0.121. The molecule has 0 bridgehead atoms. The van der Waals surface area contributed by atoms with Gasteiger partial charge in [-0.2, -0.15) is 8.42 Å². The fourth-order valence-corrected chi connectivity index (χ4v) is 13.0. The lowest BCUT2D eigenvalue weighted by atomic mass is 9.83. The van der Waals surface area contributed by atoms with Crippen LogP contribution in [0.2, 0.25) is 0 Å². The molecule has 6 heterocycles.